The molecule has 8 nitrogen and oxygen atoms in total. The van der Waals surface area contributed by atoms with E-state index in [1.54, 1.807) is 42.0 Å². The Morgan fingerprint density at radius 1 is 1.26 bits per heavy atom. The number of hydrogen-bond donors (Lipinski definition) is 2. The molecule has 2 atom stereocenters. The molecule has 8 heteroatoms. The van der Waals surface area contributed by atoms with Crippen LogP contribution in [-0.4, -0.2) is 44.6 Å². The third-order valence-corrected chi connectivity index (χ3v) is 4.93. The van der Waals surface area contributed by atoms with Gasteiger partial charge in [-0.3, -0.25) is 14.3 Å². The number of aryl methyl sites for hydroxylation is 1. The number of nitrogens with one attached hydrogen (secondary N) is 1. The number of aromatic carboxylic acids is 1. The van der Waals surface area contributed by atoms with Crippen LogP contribution >= 0.6 is 0 Å². The Kier molecular flexibility index (Phi) is 5.25. The largest absolute Gasteiger partial charge is 0.478 e. The lowest BCUT2D eigenvalue weighted by Crippen LogP contribution is -2.46. The highest BCUT2D eigenvalue weighted by molar-refractivity contribution is 5.87. The highest BCUT2D eigenvalue weighted by Gasteiger charge is 2.39. The Bertz CT molecular complexity index is 859. The van der Waals surface area contributed by atoms with E-state index in [0.717, 1.165) is 11.1 Å². The van der Waals surface area contributed by atoms with Crippen molar-refractivity contribution in [3.05, 3.63) is 53.3 Å². The molecule has 0 radical (unpaired) electrons. The van der Waals surface area contributed by atoms with Gasteiger partial charge >= 0.3 is 5.97 Å². The van der Waals surface area contributed by atoms with Crippen LogP contribution in [0, 0.1) is 5.92 Å². The molecule has 1 saturated heterocycles. The summed E-state index contributed by atoms with van der Waals surface area (Å²) in [5.74, 6) is -1.47. The fourth-order valence-corrected chi connectivity index (χ4v) is 3.45. The molecule has 3 rings (SSSR count). The molecule has 1 aliphatic heterocycles. The number of rotatable bonds is 5. The van der Waals surface area contributed by atoms with E-state index in [1.807, 2.05) is 6.20 Å². The van der Waals surface area contributed by atoms with Gasteiger partial charge in [-0.2, -0.15) is 5.10 Å². The van der Waals surface area contributed by atoms with Crippen LogP contribution in [0.1, 0.15) is 40.4 Å². The molecule has 1 aromatic heterocycles. The Hall–Kier alpha value is -3.16. The number of carbonyl (C=O) groups is 3. The molecule has 0 bridgehead atoms. The number of carbonyl (C=O) groups excluding carboxylic acids is 2. The summed E-state index contributed by atoms with van der Waals surface area (Å²) in [5.41, 5.74) is 1.85. The van der Waals surface area contributed by atoms with Gasteiger partial charge in [-0.05, 0) is 24.1 Å². The molecule has 27 heavy (non-hydrogen) atoms. The molecule has 2 heterocycles. The van der Waals surface area contributed by atoms with Gasteiger partial charge in [-0.15, -0.1) is 0 Å². The summed E-state index contributed by atoms with van der Waals surface area (Å²) in [5, 5.41) is 16.0. The van der Waals surface area contributed by atoms with Crippen LogP contribution in [-0.2, 0) is 23.2 Å². The standard InChI is InChI=1S/C19H22N4O4/c1-22-11-14(10-21-22)17-15(7-8-16(24)23(17)2)18(25)20-9-12-3-5-13(6-4-12)19(26)27/h3-6,10-11,15,17H,7-9H2,1-2H3,(H,20,25)(H,26,27)/t15-,17-/m0/s1. The van der Waals surface area contributed by atoms with Gasteiger partial charge in [0.15, 0.2) is 0 Å². The number of benzene rings is 1. The maximum absolute atomic E-state index is 12.8. The van der Waals surface area contributed by atoms with Crippen LogP contribution in [0.5, 0.6) is 0 Å². The van der Waals surface area contributed by atoms with E-state index in [4.69, 9.17) is 5.11 Å². The summed E-state index contributed by atoms with van der Waals surface area (Å²) < 4.78 is 1.65. The lowest BCUT2D eigenvalue weighted by Gasteiger charge is -2.37. The third kappa shape index (κ3) is 3.99. The molecular weight excluding hydrogens is 348 g/mol. The first-order chi connectivity index (χ1) is 12.9. The zero-order chi connectivity index (χ0) is 19.6. The summed E-state index contributed by atoms with van der Waals surface area (Å²) in [6.45, 7) is 0.298. The highest BCUT2D eigenvalue weighted by atomic mass is 16.4. The monoisotopic (exact) mass is 370 g/mol. The Morgan fingerprint density at radius 2 is 1.96 bits per heavy atom. The van der Waals surface area contributed by atoms with Crippen LogP contribution in [0.3, 0.4) is 0 Å². The zero-order valence-corrected chi connectivity index (χ0v) is 15.3. The molecule has 1 aromatic carbocycles. The third-order valence-electron chi connectivity index (χ3n) is 4.93. The highest BCUT2D eigenvalue weighted by Crippen LogP contribution is 2.35. The molecule has 0 unspecified atom stereocenters. The van der Waals surface area contributed by atoms with Crippen molar-refractivity contribution in [1.82, 2.24) is 20.0 Å². The van der Waals surface area contributed by atoms with Crippen molar-refractivity contribution in [2.45, 2.75) is 25.4 Å². The van der Waals surface area contributed by atoms with E-state index in [9.17, 15) is 14.4 Å². The number of aromatic nitrogens is 2. The maximum Gasteiger partial charge on any atom is 0.335 e. The summed E-state index contributed by atoms with van der Waals surface area (Å²) in [4.78, 5) is 37.5. The molecule has 2 amide bonds. The number of amides is 2. The van der Waals surface area contributed by atoms with Crippen molar-refractivity contribution >= 4 is 17.8 Å². The van der Waals surface area contributed by atoms with E-state index in [0.29, 0.717) is 19.4 Å². The van der Waals surface area contributed by atoms with E-state index in [-0.39, 0.29) is 29.3 Å². The van der Waals surface area contributed by atoms with Crippen molar-refractivity contribution in [3.8, 4) is 0 Å². The number of carboxylic acids is 1. The average molecular weight is 370 g/mol. The predicted octanol–water partition coefficient (Wildman–Crippen LogP) is 1.34. The second-order valence-electron chi connectivity index (χ2n) is 6.76. The molecule has 2 N–H and O–H groups in total. The van der Waals surface area contributed by atoms with Crippen LogP contribution in [0.15, 0.2) is 36.7 Å². The van der Waals surface area contributed by atoms with Crippen molar-refractivity contribution in [2.24, 2.45) is 13.0 Å². The lowest BCUT2D eigenvalue weighted by atomic mass is 9.85. The smallest absolute Gasteiger partial charge is 0.335 e. The summed E-state index contributed by atoms with van der Waals surface area (Å²) in [6.07, 6.45) is 4.32. The van der Waals surface area contributed by atoms with Crippen molar-refractivity contribution in [1.29, 1.82) is 0 Å². The Labute approximate surface area is 156 Å². The fraction of sp³-hybridized carbons (Fsp3) is 0.368. The molecule has 1 fully saturated rings. The summed E-state index contributed by atoms with van der Waals surface area (Å²) in [7, 11) is 3.51. The Balaban J connectivity index is 1.71. The van der Waals surface area contributed by atoms with Crippen LogP contribution in [0.25, 0.3) is 0 Å². The fourth-order valence-electron chi connectivity index (χ4n) is 3.45. The minimum atomic E-state index is -0.986. The summed E-state index contributed by atoms with van der Waals surface area (Å²) in [6, 6.07) is 6.02. The van der Waals surface area contributed by atoms with Crippen molar-refractivity contribution < 1.29 is 19.5 Å². The molecule has 2 aromatic rings. The van der Waals surface area contributed by atoms with Gasteiger partial charge in [0.05, 0.1) is 23.7 Å². The van der Waals surface area contributed by atoms with Gasteiger partial charge in [-0.25, -0.2) is 4.79 Å². The second-order valence-corrected chi connectivity index (χ2v) is 6.76. The van der Waals surface area contributed by atoms with E-state index >= 15 is 0 Å². The van der Waals surface area contributed by atoms with Crippen LogP contribution in [0.4, 0.5) is 0 Å². The van der Waals surface area contributed by atoms with Gasteiger partial charge < -0.3 is 15.3 Å². The quantitative estimate of drug-likeness (QED) is 0.827. The number of nitrogens with zero attached hydrogens (tertiary/aromatic N) is 3. The van der Waals surface area contributed by atoms with E-state index in [1.165, 1.54) is 12.1 Å². The lowest BCUT2D eigenvalue weighted by molar-refractivity contribution is -0.141. The minimum absolute atomic E-state index is 0.0113. The number of hydrogen-bond acceptors (Lipinski definition) is 4. The topological polar surface area (TPSA) is 105 Å². The molecule has 1 aliphatic rings. The molecular formula is C19H22N4O4. The van der Waals surface area contributed by atoms with Crippen molar-refractivity contribution in [3.63, 3.8) is 0 Å². The van der Waals surface area contributed by atoms with Crippen molar-refractivity contribution in [2.75, 3.05) is 7.05 Å². The van der Waals surface area contributed by atoms with E-state index < -0.39 is 5.97 Å². The summed E-state index contributed by atoms with van der Waals surface area (Å²) >= 11 is 0. The average Bonchev–Trinajstić information content (AvgIpc) is 3.08. The molecule has 0 spiro atoms. The van der Waals surface area contributed by atoms with Gasteiger partial charge in [0.2, 0.25) is 11.8 Å². The normalized spacial score (nSPS) is 19.8. The minimum Gasteiger partial charge on any atom is -0.478 e. The maximum atomic E-state index is 12.8. The predicted molar refractivity (Wildman–Crippen MR) is 96.7 cm³/mol. The SMILES string of the molecule is CN1C(=O)CC[C@H](C(=O)NCc2ccc(C(=O)O)cc2)[C@@H]1c1cnn(C)c1. The molecule has 0 aliphatic carbocycles. The number of carboxylic acid groups (broad SMARTS) is 1. The Morgan fingerprint density at radius 3 is 2.56 bits per heavy atom. The van der Waals surface area contributed by atoms with Gasteiger partial charge in [0.25, 0.3) is 0 Å². The second kappa shape index (κ2) is 7.61. The van der Waals surface area contributed by atoms with Gasteiger partial charge in [-0.1, -0.05) is 12.1 Å². The number of likely N-dealkylation sites (tertiary alicyclic amines) is 1. The van der Waals surface area contributed by atoms with Crippen LogP contribution < -0.4 is 5.32 Å². The van der Waals surface area contributed by atoms with Crippen LogP contribution in [0.2, 0.25) is 0 Å². The van der Waals surface area contributed by atoms with Gasteiger partial charge in [0, 0.05) is 38.8 Å². The first kappa shape index (κ1) is 18.6. The molecule has 0 saturated carbocycles. The first-order valence-corrected chi connectivity index (χ1v) is 8.71. The number of piperidine rings is 1. The first-order valence-electron chi connectivity index (χ1n) is 8.71. The zero-order valence-electron chi connectivity index (χ0n) is 15.3. The van der Waals surface area contributed by atoms with Gasteiger partial charge in [0.1, 0.15) is 0 Å². The molecule has 142 valence electrons. The van der Waals surface area contributed by atoms with E-state index in [2.05, 4.69) is 10.4 Å².